The van der Waals surface area contributed by atoms with Crippen LogP contribution in [0.5, 0.6) is 0 Å². The number of para-hydroxylation sites is 1. The first-order valence-corrected chi connectivity index (χ1v) is 7.56. The lowest BCUT2D eigenvalue weighted by Crippen LogP contribution is -2.01. The second-order valence-electron chi connectivity index (χ2n) is 4.32. The van der Waals surface area contributed by atoms with Crippen LogP contribution in [0, 0.1) is 5.82 Å². The molecule has 2 nitrogen and oxygen atoms in total. The highest BCUT2D eigenvalue weighted by Crippen LogP contribution is 2.35. The van der Waals surface area contributed by atoms with E-state index in [9.17, 15) is 4.39 Å². The van der Waals surface area contributed by atoms with Gasteiger partial charge in [0.1, 0.15) is 17.2 Å². The van der Waals surface area contributed by atoms with Crippen LogP contribution in [0.25, 0.3) is 16.7 Å². The highest BCUT2D eigenvalue weighted by molar-refractivity contribution is 6.38. The van der Waals surface area contributed by atoms with Crippen molar-refractivity contribution in [2.45, 2.75) is 5.88 Å². The molecule has 0 radical (unpaired) electrons. The molecular weight excluding hydrogens is 357 g/mol. The SMILES string of the molecule is Fc1cc(Cl)c(-n2c(CCl)nc3c(Cl)cccc32)c(Cl)c1. The van der Waals surface area contributed by atoms with Crippen molar-refractivity contribution in [2.24, 2.45) is 0 Å². The van der Waals surface area contributed by atoms with Crippen molar-refractivity contribution in [1.82, 2.24) is 9.55 Å². The van der Waals surface area contributed by atoms with E-state index < -0.39 is 5.82 Å². The molecule has 2 aromatic carbocycles. The molecule has 0 N–H and O–H groups in total. The van der Waals surface area contributed by atoms with Crippen LogP contribution < -0.4 is 0 Å². The summed E-state index contributed by atoms with van der Waals surface area (Å²) in [4.78, 5) is 4.40. The second-order valence-corrected chi connectivity index (χ2v) is 5.81. The number of hydrogen-bond acceptors (Lipinski definition) is 1. The van der Waals surface area contributed by atoms with E-state index in [0.717, 1.165) is 0 Å². The summed E-state index contributed by atoms with van der Waals surface area (Å²) in [6, 6.07) is 7.72. The molecule has 108 valence electrons. The minimum absolute atomic E-state index is 0.134. The predicted molar refractivity (Wildman–Crippen MR) is 85.6 cm³/mol. The lowest BCUT2D eigenvalue weighted by Gasteiger charge is -2.12. The van der Waals surface area contributed by atoms with Crippen LogP contribution in [0.2, 0.25) is 15.1 Å². The van der Waals surface area contributed by atoms with Gasteiger partial charge in [-0.15, -0.1) is 11.6 Å². The summed E-state index contributed by atoms with van der Waals surface area (Å²) in [5.74, 6) is 0.147. The topological polar surface area (TPSA) is 17.8 Å². The molecule has 0 unspecified atom stereocenters. The first kappa shape index (κ1) is 14.9. The molecule has 0 aliphatic carbocycles. The summed E-state index contributed by atoms with van der Waals surface area (Å²) in [6.45, 7) is 0. The van der Waals surface area contributed by atoms with Gasteiger partial charge in [0.25, 0.3) is 0 Å². The Morgan fingerprint density at radius 1 is 1.05 bits per heavy atom. The van der Waals surface area contributed by atoms with Crippen LogP contribution in [0.1, 0.15) is 5.82 Å². The second kappa shape index (κ2) is 5.65. The van der Waals surface area contributed by atoms with Crippen LogP contribution >= 0.6 is 46.4 Å². The van der Waals surface area contributed by atoms with E-state index in [2.05, 4.69) is 4.98 Å². The number of nitrogens with zero attached hydrogens (tertiary/aromatic N) is 2. The maximum absolute atomic E-state index is 13.4. The summed E-state index contributed by atoms with van der Waals surface area (Å²) in [5.41, 5.74) is 1.72. The average Bonchev–Trinajstić information content (AvgIpc) is 2.78. The number of alkyl halides is 1. The van der Waals surface area contributed by atoms with Gasteiger partial charge in [0.15, 0.2) is 0 Å². The van der Waals surface area contributed by atoms with Crippen LogP contribution in [-0.4, -0.2) is 9.55 Å². The smallest absolute Gasteiger partial charge is 0.129 e. The van der Waals surface area contributed by atoms with Gasteiger partial charge in [-0.3, -0.25) is 4.57 Å². The van der Waals surface area contributed by atoms with Crippen molar-refractivity contribution in [3.63, 3.8) is 0 Å². The van der Waals surface area contributed by atoms with Gasteiger partial charge in [0.05, 0.1) is 32.2 Å². The Kier molecular flexibility index (Phi) is 4.02. The summed E-state index contributed by atoms with van der Waals surface area (Å²) in [6.07, 6.45) is 0. The van der Waals surface area contributed by atoms with Crippen molar-refractivity contribution >= 4 is 57.4 Å². The van der Waals surface area contributed by atoms with E-state index in [1.54, 1.807) is 16.7 Å². The van der Waals surface area contributed by atoms with Gasteiger partial charge in [-0.1, -0.05) is 40.9 Å². The van der Waals surface area contributed by atoms with E-state index in [4.69, 9.17) is 46.4 Å². The fraction of sp³-hybridized carbons (Fsp3) is 0.0714. The number of benzene rings is 2. The Morgan fingerprint density at radius 2 is 1.71 bits per heavy atom. The van der Waals surface area contributed by atoms with Gasteiger partial charge in [0, 0.05) is 0 Å². The van der Waals surface area contributed by atoms with Crippen molar-refractivity contribution in [2.75, 3.05) is 0 Å². The zero-order valence-electron chi connectivity index (χ0n) is 10.4. The maximum Gasteiger partial charge on any atom is 0.129 e. The number of hydrogen-bond donors (Lipinski definition) is 0. The third-order valence-corrected chi connectivity index (χ3v) is 4.15. The Balaban J connectivity index is 2.42. The lowest BCUT2D eigenvalue weighted by atomic mass is 10.2. The molecule has 0 bridgehead atoms. The lowest BCUT2D eigenvalue weighted by molar-refractivity contribution is 0.627. The Morgan fingerprint density at radius 3 is 2.33 bits per heavy atom. The molecule has 0 saturated carbocycles. The van der Waals surface area contributed by atoms with Gasteiger partial charge in [-0.25, -0.2) is 9.37 Å². The van der Waals surface area contributed by atoms with Crippen LogP contribution in [0.15, 0.2) is 30.3 Å². The third-order valence-electron chi connectivity index (χ3n) is 3.03. The monoisotopic (exact) mass is 362 g/mol. The Hall–Kier alpha value is -1.00. The van der Waals surface area contributed by atoms with E-state index in [-0.39, 0.29) is 15.9 Å². The summed E-state index contributed by atoms with van der Waals surface area (Å²) in [7, 11) is 0. The quantitative estimate of drug-likeness (QED) is 0.521. The molecule has 3 rings (SSSR count). The normalized spacial score (nSPS) is 11.3. The van der Waals surface area contributed by atoms with Crippen molar-refractivity contribution in [3.8, 4) is 5.69 Å². The van der Waals surface area contributed by atoms with Crippen molar-refractivity contribution in [3.05, 3.63) is 57.0 Å². The van der Waals surface area contributed by atoms with Crippen molar-refractivity contribution in [1.29, 1.82) is 0 Å². The highest BCUT2D eigenvalue weighted by Gasteiger charge is 2.19. The molecule has 0 aliphatic heterocycles. The maximum atomic E-state index is 13.4. The minimum atomic E-state index is -0.511. The number of aromatic nitrogens is 2. The van der Waals surface area contributed by atoms with Gasteiger partial charge in [-0.05, 0) is 24.3 Å². The van der Waals surface area contributed by atoms with Gasteiger partial charge in [0.2, 0.25) is 0 Å². The molecule has 7 heteroatoms. The van der Waals surface area contributed by atoms with E-state index in [0.29, 0.717) is 27.6 Å². The number of fused-ring (bicyclic) bond motifs is 1. The molecule has 0 fully saturated rings. The first-order valence-electron chi connectivity index (χ1n) is 5.89. The standard InChI is InChI=1S/C14H7Cl4FN2/c15-6-12-20-13-8(16)2-1-3-11(13)21(12)14-9(17)4-7(19)5-10(14)18/h1-5H,6H2. The summed E-state index contributed by atoms with van der Waals surface area (Å²) < 4.78 is 15.1. The van der Waals surface area contributed by atoms with E-state index >= 15 is 0 Å². The zero-order valence-corrected chi connectivity index (χ0v) is 13.4. The summed E-state index contributed by atoms with van der Waals surface area (Å²) >= 11 is 24.4. The van der Waals surface area contributed by atoms with Gasteiger partial charge < -0.3 is 0 Å². The largest absolute Gasteiger partial charge is 0.292 e. The van der Waals surface area contributed by atoms with Crippen LogP contribution in [-0.2, 0) is 5.88 Å². The predicted octanol–water partition coefficient (Wildman–Crippen LogP) is 5.86. The number of imidazole rings is 1. The fourth-order valence-corrected chi connectivity index (χ4v) is 3.22. The Labute approximate surface area is 140 Å². The molecule has 0 saturated heterocycles. The highest BCUT2D eigenvalue weighted by atomic mass is 35.5. The summed E-state index contributed by atoms with van der Waals surface area (Å²) in [5, 5.41) is 0.836. The van der Waals surface area contributed by atoms with Gasteiger partial charge >= 0.3 is 0 Å². The molecular formula is C14H7Cl4FN2. The van der Waals surface area contributed by atoms with Crippen LogP contribution in [0.3, 0.4) is 0 Å². The molecule has 0 aliphatic rings. The molecule has 0 amide bonds. The van der Waals surface area contributed by atoms with E-state index in [1.807, 2.05) is 6.07 Å². The van der Waals surface area contributed by atoms with Crippen molar-refractivity contribution < 1.29 is 4.39 Å². The molecule has 0 atom stereocenters. The average molecular weight is 364 g/mol. The molecule has 0 spiro atoms. The fourth-order valence-electron chi connectivity index (χ4n) is 2.20. The van der Waals surface area contributed by atoms with Crippen LogP contribution in [0.4, 0.5) is 4.39 Å². The number of rotatable bonds is 2. The molecule has 21 heavy (non-hydrogen) atoms. The molecule has 3 aromatic rings. The first-order chi connectivity index (χ1) is 10.0. The van der Waals surface area contributed by atoms with Gasteiger partial charge in [-0.2, -0.15) is 0 Å². The molecule has 1 aromatic heterocycles. The minimum Gasteiger partial charge on any atom is -0.292 e. The third kappa shape index (κ3) is 2.49. The van der Waals surface area contributed by atoms with E-state index in [1.165, 1.54) is 12.1 Å². The zero-order chi connectivity index (χ0) is 15.1. The number of halogens is 5. The molecule has 1 heterocycles. The Bertz CT molecular complexity index is 821.